The van der Waals surface area contributed by atoms with Crippen LogP contribution in [0.2, 0.25) is 5.02 Å². The number of carbonyl (C=O) groups excluding carboxylic acids is 1. The molecule has 3 aromatic rings. The van der Waals surface area contributed by atoms with Gasteiger partial charge in [0.1, 0.15) is 12.4 Å². The zero-order valence-corrected chi connectivity index (χ0v) is 18.6. The van der Waals surface area contributed by atoms with Gasteiger partial charge in [0, 0.05) is 23.4 Å². The molecule has 4 rings (SSSR count). The Hall–Kier alpha value is -2.84. The normalized spacial score (nSPS) is 14.0. The smallest absolute Gasteiger partial charge is 0.350 e. The fraction of sp³-hybridized carbons (Fsp3) is 0.273. The molecule has 1 heterocycles. The van der Waals surface area contributed by atoms with Gasteiger partial charge in [-0.05, 0) is 48.2 Å². The van der Waals surface area contributed by atoms with Crippen LogP contribution in [0.5, 0.6) is 11.8 Å². The van der Waals surface area contributed by atoms with Crippen molar-refractivity contribution in [1.82, 2.24) is 15.0 Å². The molecule has 0 amide bonds. The van der Waals surface area contributed by atoms with Crippen molar-refractivity contribution >= 4 is 29.3 Å². The van der Waals surface area contributed by atoms with Crippen LogP contribution in [-0.2, 0) is 16.1 Å². The van der Waals surface area contributed by atoms with Gasteiger partial charge in [-0.3, -0.25) is 0 Å². The van der Waals surface area contributed by atoms with Gasteiger partial charge in [-0.1, -0.05) is 35.5 Å². The van der Waals surface area contributed by atoms with Crippen molar-refractivity contribution in [3.63, 3.8) is 0 Å². The minimum atomic E-state index is -1.05. The first kappa shape index (κ1) is 21.4. The van der Waals surface area contributed by atoms with E-state index in [9.17, 15) is 4.79 Å². The summed E-state index contributed by atoms with van der Waals surface area (Å²) in [4.78, 5) is 25.9. The van der Waals surface area contributed by atoms with Crippen molar-refractivity contribution in [2.75, 3.05) is 13.4 Å². The largest absolute Gasteiger partial charge is 0.497 e. The second-order valence-electron chi connectivity index (χ2n) is 6.96. The summed E-state index contributed by atoms with van der Waals surface area (Å²) < 4.78 is 16.6. The van der Waals surface area contributed by atoms with Crippen LogP contribution in [0.4, 0.5) is 0 Å². The molecule has 31 heavy (non-hydrogen) atoms. The second-order valence-corrected chi connectivity index (χ2v) is 8.17. The number of ether oxygens (including phenoxy) is 3. The maximum atomic E-state index is 12.7. The summed E-state index contributed by atoms with van der Waals surface area (Å²) in [5, 5.41) is 1.12. The van der Waals surface area contributed by atoms with Gasteiger partial charge in [0.25, 0.3) is 0 Å². The average Bonchev–Trinajstić information content (AvgIpc) is 3.58. The van der Waals surface area contributed by atoms with Crippen LogP contribution >= 0.6 is 23.4 Å². The number of halogens is 1. The standard InChI is InChI=1S/C22H20ClN3O4S/c1-28-17-9-3-14(4-10-17)13-29-19(27)22(11-12-22)30-20-24-18(25-21(26-20)31-2)15-5-7-16(23)8-6-15/h3-10H,11-13H2,1-2H3. The summed E-state index contributed by atoms with van der Waals surface area (Å²) in [5.41, 5.74) is 0.583. The van der Waals surface area contributed by atoms with Crippen LogP contribution in [0.3, 0.4) is 0 Å². The van der Waals surface area contributed by atoms with Crippen molar-refractivity contribution in [2.24, 2.45) is 0 Å². The first-order valence-corrected chi connectivity index (χ1v) is 11.2. The van der Waals surface area contributed by atoms with E-state index in [0.29, 0.717) is 28.8 Å². The quantitative estimate of drug-likeness (QED) is 0.359. The fourth-order valence-corrected chi connectivity index (χ4v) is 3.31. The SMILES string of the molecule is COc1ccc(COC(=O)C2(Oc3nc(SC)nc(-c4ccc(Cl)cc4)n3)CC2)cc1. The van der Waals surface area contributed by atoms with E-state index >= 15 is 0 Å². The Bertz CT molecular complexity index is 1070. The lowest BCUT2D eigenvalue weighted by Gasteiger charge is -2.16. The Morgan fingerprint density at radius 2 is 1.77 bits per heavy atom. The second kappa shape index (κ2) is 9.11. The van der Waals surface area contributed by atoms with Crippen LogP contribution in [0.25, 0.3) is 11.4 Å². The Morgan fingerprint density at radius 3 is 2.39 bits per heavy atom. The van der Waals surface area contributed by atoms with Crippen molar-refractivity contribution in [1.29, 1.82) is 0 Å². The maximum Gasteiger partial charge on any atom is 0.350 e. The Kier molecular flexibility index (Phi) is 6.29. The van der Waals surface area contributed by atoms with Crippen molar-refractivity contribution in [2.45, 2.75) is 30.2 Å². The highest BCUT2D eigenvalue weighted by Gasteiger charge is 2.55. The number of methoxy groups -OCH3 is 1. The van der Waals surface area contributed by atoms with Crippen molar-refractivity contribution in [3.05, 3.63) is 59.1 Å². The summed E-state index contributed by atoms with van der Waals surface area (Å²) in [6.07, 6.45) is 2.96. The number of esters is 1. The Labute approximate surface area is 189 Å². The van der Waals surface area contributed by atoms with E-state index in [1.54, 1.807) is 19.2 Å². The zero-order valence-electron chi connectivity index (χ0n) is 17.0. The minimum absolute atomic E-state index is 0.100. The molecule has 7 nitrogen and oxygen atoms in total. The van der Waals surface area contributed by atoms with Gasteiger partial charge in [0.05, 0.1) is 7.11 Å². The zero-order chi connectivity index (χ0) is 21.8. The maximum absolute atomic E-state index is 12.7. The number of carbonyl (C=O) groups is 1. The first-order valence-electron chi connectivity index (χ1n) is 9.56. The van der Waals surface area contributed by atoms with E-state index in [-0.39, 0.29) is 12.6 Å². The molecule has 2 aromatic carbocycles. The highest BCUT2D eigenvalue weighted by molar-refractivity contribution is 7.98. The van der Waals surface area contributed by atoms with E-state index in [2.05, 4.69) is 15.0 Å². The van der Waals surface area contributed by atoms with Gasteiger partial charge < -0.3 is 14.2 Å². The van der Waals surface area contributed by atoms with E-state index in [1.807, 2.05) is 42.7 Å². The molecule has 1 fully saturated rings. The molecular weight excluding hydrogens is 438 g/mol. The molecule has 0 bridgehead atoms. The Balaban J connectivity index is 1.47. The molecule has 0 radical (unpaired) electrons. The van der Waals surface area contributed by atoms with Gasteiger partial charge in [-0.2, -0.15) is 9.97 Å². The number of nitrogens with zero attached hydrogens (tertiary/aromatic N) is 3. The van der Waals surface area contributed by atoms with E-state index in [4.69, 9.17) is 25.8 Å². The number of hydrogen-bond acceptors (Lipinski definition) is 8. The van der Waals surface area contributed by atoms with Crippen LogP contribution in [0, 0.1) is 0 Å². The van der Waals surface area contributed by atoms with Crippen molar-refractivity contribution < 1.29 is 19.0 Å². The average molecular weight is 458 g/mol. The Morgan fingerprint density at radius 1 is 1.06 bits per heavy atom. The van der Waals surface area contributed by atoms with Crippen LogP contribution in [0.15, 0.2) is 53.7 Å². The van der Waals surface area contributed by atoms with Crippen molar-refractivity contribution in [3.8, 4) is 23.1 Å². The number of thioether (sulfide) groups is 1. The monoisotopic (exact) mass is 457 g/mol. The third kappa shape index (κ3) is 5.08. The molecule has 0 spiro atoms. The molecule has 0 N–H and O–H groups in total. The van der Waals surface area contributed by atoms with Gasteiger partial charge >= 0.3 is 12.0 Å². The minimum Gasteiger partial charge on any atom is -0.497 e. The molecule has 1 aliphatic carbocycles. The first-order chi connectivity index (χ1) is 15.0. The summed E-state index contributed by atoms with van der Waals surface area (Å²) in [6, 6.07) is 14.6. The van der Waals surface area contributed by atoms with E-state index < -0.39 is 11.6 Å². The molecule has 1 aliphatic rings. The van der Waals surface area contributed by atoms with Gasteiger partial charge in [-0.15, -0.1) is 0 Å². The number of benzene rings is 2. The number of rotatable bonds is 8. The lowest BCUT2D eigenvalue weighted by Crippen LogP contribution is -2.32. The molecule has 1 saturated carbocycles. The van der Waals surface area contributed by atoms with E-state index in [0.717, 1.165) is 16.9 Å². The van der Waals surface area contributed by atoms with Gasteiger partial charge in [-0.25, -0.2) is 9.78 Å². The summed E-state index contributed by atoms with van der Waals surface area (Å²) in [5.74, 6) is 0.767. The molecular formula is C22H20ClN3O4S. The predicted molar refractivity (Wildman–Crippen MR) is 117 cm³/mol. The van der Waals surface area contributed by atoms with Crippen LogP contribution < -0.4 is 9.47 Å². The highest BCUT2D eigenvalue weighted by atomic mass is 35.5. The van der Waals surface area contributed by atoms with Gasteiger partial charge in [0.2, 0.25) is 5.60 Å². The summed E-state index contributed by atoms with van der Waals surface area (Å²) in [6.45, 7) is 0.150. The molecule has 0 aliphatic heterocycles. The third-order valence-electron chi connectivity index (χ3n) is 4.77. The predicted octanol–water partition coefficient (Wildman–Crippen LogP) is 4.58. The molecule has 1 aromatic heterocycles. The summed E-state index contributed by atoms with van der Waals surface area (Å²) in [7, 11) is 1.60. The van der Waals surface area contributed by atoms with Crippen LogP contribution in [-0.4, -0.2) is 39.9 Å². The molecule has 0 saturated heterocycles. The van der Waals surface area contributed by atoms with Crippen LogP contribution in [0.1, 0.15) is 18.4 Å². The molecule has 0 atom stereocenters. The highest BCUT2D eigenvalue weighted by Crippen LogP contribution is 2.41. The lowest BCUT2D eigenvalue weighted by molar-refractivity contribution is -0.156. The molecule has 0 unspecified atom stereocenters. The number of hydrogen-bond donors (Lipinski definition) is 0. The third-order valence-corrected chi connectivity index (χ3v) is 5.57. The fourth-order valence-electron chi connectivity index (χ4n) is 2.84. The lowest BCUT2D eigenvalue weighted by atomic mass is 10.2. The topological polar surface area (TPSA) is 83.4 Å². The molecule has 160 valence electrons. The van der Waals surface area contributed by atoms with E-state index in [1.165, 1.54) is 11.8 Å². The van der Waals surface area contributed by atoms with Gasteiger partial charge in [0.15, 0.2) is 11.0 Å². The molecule has 9 heteroatoms. The summed E-state index contributed by atoms with van der Waals surface area (Å²) >= 11 is 7.33. The number of aromatic nitrogens is 3.